The molecule has 0 aromatic heterocycles. The van der Waals surface area contributed by atoms with Gasteiger partial charge in [-0.05, 0) is 46.1 Å². The fourth-order valence-corrected chi connectivity index (χ4v) is 2.40. The van der Waals surface area contributed by atoms with E-state index in [4.69, 9.17) is 0 Å². The molecular formula is C15H12BrFO. The van der Waals surface area contributed by atoms with Gasteiger partial charge in [0.05, 0.1) is 5.56 Å². The van der Waals surface area contributed by atoms with Crippen LogP contribution in [0.2, 0.25) is 0 Å². The fraction of sp³-hybridized carbons (Fsp3) is 0.133. The maximum absolute atomic E-state index is 13.7. The number of hydrogen-bond acceptors (Lipinski definition) is 1. The summed E-state index contributed by atoms with van der Waals surface area (Å²) in [7, 11) is 0. The van der Waals surface area contributed by atoms with E-state index in [0.717, 1.165) is 11.1 Å². The van der Waals surface area contributed by atoms with E-state index in [9.17, 15) is 9.18 Å². The van der Waals surface area contributed by atoms with Gasteiger partial charge in [0, 0.05) is 10.9 Å². The Hall–Kier alpha value is -1.48. The van der Waals surface area contributed by atoms with Gasteiger partial charge in [0.2, 0.25) is 0 Å². The number of hydrogen-bond donors (Lipinski definition) is 0. The van der Waals surface area contributed by atoms with Crippen LogP contribution in [0, 0.1) is 12.7 Å². The summed E-state index contributed by atoms with van der Waals surface area (Å²) in [5.41, 5.74) is 2.09. The van der Waals surface area contributed by atoms with Crippen LogP contribution < -0.4 is 0 Å². The van der Waals surface area contributed by atoms with Gasteiger partial charge >= 0.3 is 0 Å². The number of Topliss-reactive ketones (excluding diaryl/α,β-unsaturated/α-hetero) is 1. The smallest absolute Gasteiger partial charge is 0.171 e. The third-order valence-electron chi connectivity index (χ3n) is 2.85. The van der Waals surface area contributed by atoms with Crippen molar-refractivity contribution in [2.24, 2.45) is 0 Å². The van der Waals surface area contributed by atoms with Crippen molar-refractivity contribution in [2.45, 2.75) is 13.3 Å². The molecule has 0 radical (unpaired) electrons. The predicted octanol–water partition coefficient (Wildman–Crippen LogP) is 4.32. The fourth-order valence-electron chi connectivity index (χ4n) is 1.83. The molecule has 1 nitrogen and oxygen atoms in total. The molecule has 3 heteroatoms. The number of rotatable bonds is 3. The summed E-state index contributed by atoms with van der Waals surface area (Å²) in [6.45, 7) is 1.94. The van der Waals surface area contributed by atoms with Crippen molar-refractivity contribution in [3.8, 4) is 0 Å². The molecule has 0 N–H and O–H groups in total. The van der Waals surface area contributed by atoms with Crippen LogP contribution in [-0.4, -0.2) is 5.78 Å². The van der Waals surface area contributed by atoms with Gasteiger partial charge in [0.25, 0.3) is 0 Å². The number of halogens is 2. The zero-order valence-corrected chi connectivity index (χ0v) is 11.5. The number of ketones is 1. The summed E-state index contributed by atoms with van der Waals surface area (Å²) >= 11 is 3.22. The SMILES string of the molecule is Cc1ccccc1CC(=O)c1c(F)cccc1Br. The Morgan fingerprint density at radius 3 is 2.56 bits per heavy atom. The third kappa shape index (κ3) is 2.67. The highest BCUT2D eigenvalue weighted by Gasteiger charge is 2.16. The van der Waals surface area contributed by atoms with Crippen LogP contribution in [0.15, 0.2) is 46.9 Å². The first-order valence-electron chi connectivity index (χ1n) is 5.61. The zero-order valence-electron chi connectivity index (χ0n) is 9.91. The molecule has 0 amide bonds. The molecule has 0 saturated carbocycles. The van der Waals surface area contributed by atoms with E-state index in [1.54, 1.807) is 12.1 Å². The minimum absolute atomic E-state index is 0.126. The van der Waals surface area contributed by atoms with Gasteiger partial charge in [-0.25, -0.2) is 4.39 Å². The van der Waals surface area contributed by atoms with Crippen LogP contribution in [0.5, 0.6) is 0 Å². The summed E-state index contributed by atoms with van der Waals surface area (Å²) in [5, 5.41) is 0. The quantitative estimate of drug-likeness (QED) is 0.772. The van der Waals surface area contributed by atoms with Gasteiger partial charge in [-0.3, -0.25) is 4.79 Å². The van der Waals surface area contributed by atoms with Gasteiger partial charge in [-0.15, -0.1) is 0 Å². The predicted molar refractivity (Wildman–Crippen MR) is 73.3 cm³/mol. The van der Waals surface area contributed by atoms with Gasteiger partial charge in [0.15, 0.2) is 5.78 Å². The molecule has 0 aliphatic carbocycles. The molecule has 2 rings (SSSR count). The maximum Gasteiger partial charge on any atom is 0.171 e. The molecule has 0 spiro atoms. The Labute approximate surface area is 114 Å². The second kappa shape index (κ2) is 5.44. The Kier molecular flexibility index (Phi) is 3.92. The Balaban J connectivity index is 2.31. The first-order valence-corrected chi connectivity index (χ1v) is 6.40. The van der Waals surface area contributed by atoms with Crippen LogP contribution in [0.3, 0.4) is 0 Å². The van der Waals surface area contributed by atoms with E-state index in [0.29, 0.717) is 4.47 Å². The topological polar surface area (TPSA) is 17.1 Å². The summed E-state index contributed by atoms with van der Waals surface area (Å²) in [5.74, 6) is -0.697. The van der Waals surface area contributed by atoms with Crippen LogP contribution in [0.1, 0.15) is 21.5 Å². The van der Waals surface area contributed by atoms with Crippen molar-refractivity contribution in [3.63, 3.8) is 0 Å². The van der Waals surface area contributed by atoms with Crippen molar-refractivity contribution in [2.75, 3.05) is 0 Å². The van der Waals surface area contributed by atoms with Gasteiger partial charge in [-0.2, -0.15) is 0 Å². The second-order valence-electron chi connectivity index (χ2n) is 4.12. The van der Waals surface area contributed by atoms with Crippen molar-refractivity contribution >= 4 is 21.7 Å². The van der Waals surface area contributed by atoms with Crippen LogP contribution in [0.25, 0.3) is 0 Å². The lowest BCUT2D eigenvalue weighted by atomic mass is 9.99. The molecule has 0 heterocycles. The summed E-state index contributed by atoms with van der Waals surface area (Å²) in [6, 6.07) is 12.2. The lowest BCUT2D eigenvalue weighted by Crippen LogP contribution is -2.08. The number of carbonyl (C=O) groups is 1. The van der Waals surface area contributed by atoms with E-state index in [1.165, 1.54) is 6.07 Å². The van der Waals surface area contributed by atoms with Gasteiger partial charge in [0.1, 0.15) is 5.82 Å². The third-order valence-corrected chi connectivity index (χ3v) is 3.51. The summed E-state index contributed by atoms with van der Waals surface area (Å²) in [6.07, 6.45) is 0.214. The Morgan fingerprint density at radius 1 is 1.17 bits per heavy atom. The molecule has 0 atom stereocenters. The molecular weight excluding hydrogens is 295 g/mol. The highest BCUT2D eigenvalue weighted by atomic mass is 79.9. The standard InChI is InChI=1S/C15H12BrFO/c1-10-5-2-3-6-11(10)9-14(18)15-12(16)7-4-8-13(15)17/h2-8H,9H2,1H3. The molecule has 0 saturated heterocycles. The van der Waals surface area contributed by atoms with E-state index < -0.39 is 5.82 Å². The largest absolute Gasteiger partial charge is 0.294 e. The highest BCUT2D eigenvalue weighted by Crippen LogP contribution is 2.22. The average Bonchev–Trinajstić information content (AvgIpc) is 2.32. The van der Waals surface area contributed by atoms with Crippen LogP contribution in [-0.2, 0) is 6.42 Å². The normalized spacial score (nSPS) is 10.4. The molecule has 0 aliphatic heterocycles. The van der Waals surface area contributed by atoms with Crippen molar-refractivity contribution in [1.82, 2.24) is 0 Å². The first-order chi connectivity index (χ1) is 8.59. The monoisotopic (exact) mass is 306 g/mol. The maximum atomic E-state index is 13.7. The Morgan fingerprint density at radius 2 is 1.89 bits per heavy atom. The minimum atomic E-state index is -0.483. The van der Waals surface area contributed by atoms with E-state index in [1.807, 2.05) is 31.2 Å². The van der Waals surface area contributed by atoms with Crippen LogP contribution in [0.4, 0.5) is 4.39 Å². The second-order valence-corrected chi connectivity index (χ2v) is 4.98. The summed E-state index contributed by atoms with van der Waals surface area (Å²) < 4.78 is 14.2. The molecule has 0 bridgehead atoms. The van der Waals surface area contributed by atoms with Crippen molar-refractivity contribution in [1.29, 1.82) is 0 Å². The molecule has 2 aromatic rings. The molecule has 92 valence electrons. The summed E-state index contributed by atoms with van der Waals surface area (Å²) in [4.78, 5) is 12.1. The molecule has 0 aliphatic rings. The molecule has 0 fully saturated rings. The van der Waals surface area contributed by atoms with Gasteiger partial charge < -0.3 is 0 Å². The van der Waals surface area contributed by atoms with Gasteiger partial charge in [-0.1, -0.05) is 30.3 Å². The van der Waals surface area contributed by atoms with E-state index in [-0.39, 0.29) is 17.8 Å². The number of carbonyl (C=O) groups excluding carboxylic acids is 1. The van der Waals surface area contributed by atoms with E-state index in [2.05, 4.69) is 15.9 Å². The number of aryl methyl sites for hydroxylation is 1. The average molecular weight is 307 g/mol. The van der Waals surface area contributed by atoms with Crippen LogP contribution >= 0.6 is 15.9 Å². The highest BCUT2D eigenvalue weighted by molar-refractivity contribution is 9.10. The van der Waals surface area contributed by atoms with Crippen molar-refractivity contribution < 1.29 is 9.18 Å². The lowest BCUT2D eigenvalue weighted by Gasteiger charge is -2.07. The first kappa shape index (κ1) is 13.0. The van der Waals surface area contributed by atoms with Crippen molar-refractivity contribution in [3.05, 3.63) is 69.4 Å². The number of benzene rings is 2. The van der Waals surface area contributed by atoms with E-state index >= 15 is 0 Å². The molecule has 18 heavy (non-hydrogen) atoms. The zero-order chi connectivity index (χ0) is 13.1. The lowest BCUT2D eigenvalue weighted by molar-refractivity contribution is 0.0988. The Bertz CT molecular complexity index is 573. The molecule has 0 unspecified atom stereocenters. The minimum Gasteiger partial charge on any atom is -0.294 e. The molecule has 2 aromatic carbocycles.